The van der Waals surface area contributed by atoms with Gasteiger partial charge in [-0.25, -0.2) is 4.79 Å². The summed E-state index contributed by atoms with van der Waals surface area (Å²) in [7, 11) is 1.54. The van der Waals surface area contributed by atoms with E-state index in [1.165, 1.54) is 12.0 Å². The summed E-state index contributed by atoms with van der Waals surface area (Å²) < 4.78 is 11.0. The van der Waals surface area contributed by atoms with Gasteiger partial charge in [0.1, 0.15) is 18.7 Å². The summed E-state index contributed by atoms with van der Waals surface area (Å²) in [5.41, 5.74) is 10.1. The Morgan fingerprint density at radius 1 is 1.09 bits per heavy atom. The second-order valence-electron chi connectivity index (χ2n) is 9.34. The third-order valence-corrected chi connectivity index (χ3v) is 7.30. The van der Waals surface area contributed by atoms with Crippen molar-refractivity contribution in [2.24, 2.45) is 11.7 Å². The summed E-state index contributed by atoms with van der Waals surface area (Å²) in [6.07, 6.45) is 0.0607. The lowest BCUT2D eigenvalue weighted by Crippen LogP contribution is -2.55. The Kier molecular flexibility index (Phi) is 7.40. The zero-order valence-corrected chi connectivity index (χ0v) is 20.4. The Labute approximate surface area is 205 Å². The number of hydrogen-bond acceptors (Lipinski definition) is 5. The molecule has 0 aromatic heterocycles. The molecule has 3 amide bonds. The van der Waals surface area contributed by atoms with Crippen LogP contribution in [0, 0.1) is 5.92 Å². The number of likely N-dealkylation sites (tertiary alicyclic amines) is 1. The molecule has 1 fully saturated rings. The zero-order valence-electron chi connectivity index (χ0n) is 20.4. The van der Waals surface area contributed by atoms with E-state index in [0.717, 1.165) is 22.3 Å². The van der Waals surface area contributed by atoms with Crippen molar-refractivity contribution in [3.63, 3.8) is 0 Å². The largest absolute Gasteiger partial charge is 0.449 e. The zero-order chi connectivity index (χ0) is 25.1. The number of carbonyl (C=O) groups excluding carboxylic acids is 3. The fraction of sp³-hybridized carbons (Fsp3) is 0.444. The Morgan fingerprint density at radius 3 is 2.23 bits per heavy atom. The fourth-order valence-corrected chi connectivity index (χ4v) is 5.11. The second-order valence-corrected chi connectivity index (χ2v) is 9.34. The Balaban J connectivity index is 1.46. The Hall–Kier alpha value is -3.39. The number of methoxy groups -OCH3 is 1. The van der Waals surface area contributed by atoms with Crippen LogP contribution < -0.4 is 11.1 Å². The highest BCUT2D eigenvalue weighted by atomic mass is 16.5. The Morgan fingerprint density at radius 2 is 1.69 bits per heavy atom. The van der Waals surface area contributed by atoms with Crippen LogP contribution >= 0.6 is 0 Å². The minimum absolute atomic E-state index is 0.0776. The van der Waals surface area contributed by atoms with Crippen molar-refractivity contribution in [3.8, 4) is 11.1 Å². The number of nitrogens with two attached hydrogens (primary N) is 1. The number of benzene rings is 2. The van der Waals surface area contributed by atoms with Gasteiger partial charge < -0.3 is 25.4 Å². The maximum absolute atomic E-state index is 13.4. The van der Waals surface area contributed by atoms with E-state index in [0.29, 0.717) is 12.8 Å². The van der Waals surface area contributed by atoms with Gasteiger partial charge in [-0.15, -0.1) is 0 Å². The maximum Gasteiger partial charge on any atom is 0.407 e. The van der Waals surface area contributed by atoms with E-state index in [1.54, 1.807) is 0 Å². The van der Waals surface area contributed by atoms with Crippen LogP contribution in [0.2, 0.25) is 0 Å². The molecule has 8 heteroatoms. The molecule has 1 heterocycles. The van der Waals surface area contributed by atoms with Crippen LogP contribution in [-0.2, 0) is 19.1 Å². The summed E-state index contributed by atoms with van der Waals surface area (Å²) in [5.74, 6) is -1.18. The quantitative estimate of drug-likeness (QED) is 0.605. The van der Waals surface area contributed by atoms with Gasteiger partial charge in [-0.05, 0) is 28.2 Å². The molecule has 0 saturated carbocycles. The number of fused-ring (bicyclic) bond motifs is 3. The molecule has 2 aliphatic rings. The highest BCUT2D eigenvalue weighted by molar-refractivity contribution is 5.91. The molecule has 1 saturated heterocycles. The van der Waals surface area contributed by atoms with Crippen molar-refractivity contribution in [2.45, 2.75) is 50.8 Å². The summed E-state index contributed by atoms with van der Waals surface area (Å²) >= 11 is 0. The average molecular weight is 480 g/mol. The predicted octanol–water partition coefficient (Wildman–Crippen LogP) is 3.04. The number of ether oxygens (including phenoxy) is 2. The van der Waals surface area contributed by atoms with E-state index in [9.17, 15) is 14.4 Å². The molecule has 35 heavy (non-hydrogen) atoms. The van der Waals surface area contributed by atoms with Crippen LogP contribution in [-0.4, -0.2) is 61.3 Å². The van der Waals surface area contributed by atoms with Gasteiger partial charge in [0.2, 0.25) is 11.8 Å². The summed E-state index contributed by atoms with van der Waals surface area (Å²) in [4.78, 5) is 39.7. The average Bonchev–Trinajstić information content (AvgIpc) is 3.45. The molecule has 2 unspecified atom stereocenters. The predicted molar refractivity (Wildman–Crippen MR) is 132 cm³/mol. The maximum atomic E-state index is 13.4. The number of nitrogens with one attached hydrogen (secondary N) is 1. The third kappa shape index (κ3) is 4.89. The van der Waals surface area contributed by atoms with Crippen molar-refractivity contribution >= 4 is 17.9 Å². The standard InChI is InChI=1S/C27H33N3O5/c1-4-16(2)24(26(32)30-14-17(34-3)13-23(30)25(28)31)29-27(33)35-15-22-20-11-7-5-9-18(20)19-10-6-8-12-21(19)22/h5-12,16-17,22-24H,4,13-15H2,1-3H3,(H2,28,31)(H,29,33)/t16-,17?,23?,24-/m0/s1. The van der Waals surface area contributed by atoms with Crippen molar-refractivity contribution in [2.75, 3.05) is 20.3 Å². The van der Waals surface area contributed by atoms with Gasteiger partial charge in [0.25, 0.3) is 0 Å². The van der Waals surface area contributed by atoms with Gasteiger partial charge >= 0.3 is 6.09 Å². The highest BCUT2D eigenvalue weighted by Gasteiger charge is 2.42. The monoisotopic (exact) mass is 479 g/mol. The molecule has 8 nitrogen and oxygen atoms in total. The second kappa shape index (κ2) is 10.5. The van der Waals surface area contributed by atoms with Gasteiger partial charge in [-0.2, -0.15) is 0 Å². The van der Waals surface area contributed by atoms with Gasteiger partial charge in [-0.3, -0.25) is 9.59 Å². The number of carbonyl (C=O) groups is 3. The smallest absolute Gasteiger partial charge is 0.407 e. The molecular weight excluding hydrogens is 446 g/mol. The molecular formula is C27H33N3O5. The summed E-state index contributed by atoms with van der Waals surface area (Å²) in [6, 6.07) is 14.6. The highest BCUT2D eigenvalue weighted by Crippen LogP contribution is 2.44. The first-order chi connectivity index (χ1) is 16.8. The lowest BCUT2D eigenvalue weighted by Gasteiger charge is -2.30. The molecule has 1 aliphatic heterocycles. The first-order valence-electron chi connectivity index (χ1n) is 12.1. The van der Waals surface area contributed by atoms with E-state index in [1.807, 2.05) is 38.1 Å². The van der Waals surface area contributed by atoms with Gasteiger partial charge in [-0.1, -0.05) is 68.8 Å². The van der Waals surface area contributed by atoms with E-state index in [2.05, 4.69) is 29.6 Å². The number of primary amides is 1. The summed E-state index contributed by atoms with van der Waals surface area (Å²) in [6.45, 7) is 4.23. The molecule has 2 aromatic rings. The molecule has 4 rings (SSSR count). The van der Waals surface area contributed by atoms with Crippen LogP contribution in [0.1, 0.15) is 43.7 Å². The van der Waals surface area contributed by atoms with Gasteiger partial charge in [0, 0.05) is 26.0 Å². The molecule has 0 spiro atoms. The van der Waals surface area contributed by atoms with Gasteiger partial charge in [0.15, 0.2) is 0 Å². The van der Waals surface area contributed by atoms with Crippen LogP contribution in [0.25, 0.3) is 11.1 Å². The number of amides is 3. The van der Waals surface area contributed by atoms with E-state index in [4.69, 9.17) is 15.2 Å². The van der Waals surface area contributed by atoms with Crippen molar-refractivity contribution in [1.29, 1.82) is 0 Å². The minimum Gasteiger partial charge on any atom is -0.449 e. The van der Waals surface area contributed by atoms with Crippen LogP contribution in [0.15, 0.2) is 48.5 Å². The normalized spacial score (nSPS) is 20.6. The van der Waals surface area contributed by atoms with Crippen molar-refractivity contribution in [3.05, 3.63) is 59.7 Å². The number of alkyl carbamates (subject to hydrolysis) is 1. The van der Waals surface area contributed by atoms with Crippen LogP contribution in [0.4, 0.5) is 4.79 Å². The number of nitrogens with zero attached hydrogens (tertiary/aromatic N) is 1. The first-order valence-corrected chi connectivity index (χ1v) is 12.1. The van der Waals surface area contributed by atoms with E-state index < -0.39 is 24.1 Å². The molecule has 3 N–H and O–H groups in total. The lowest BCUT2D eigenvalue weighted by molar-refractivity contribution is -0.140. The van der Waals surface area contributed by atoms with Crippen LogP contribution in [0.5, 0.6) is 0 Å². The Bertz CT molecular complexity index is 1060. The molecule has 0 bridgehead atoms. The van der Waals surface area contributed by atoms with E-state index >= 15 is 0 Å². The molecule has 186 valence electrons. The van der Waals surface area contributed by atoms with Gasteiger partial charge in [0.05, 0.1) is 6.10 Å². The van der Waals surface area contributed by atoms with Crippen molar-refractivity contribution < 1.29 is 23.9 Å². The van der Waals surface area contributed by atoms with Crippen molar-refractivity contribution in [1.82, 2.24) is 10.2 Å². The topological polar surface area (TPSA) is 111 Å². The van der Waals surface area contributed by atoms with E-state index in [-0.39, 0.29) is 37.0 Å². The number of hydrogen-bond donors (Lipinski definition) is 2. The lowest BCUT2D eigenvalue weighted by atomic mass is 9.97. The SMILES string of the molecule is CC[C@H](C)[C@H](NC(=O)OCC1c2ccccc2-c2ccccc21)C(=O)N1CC(OC)CC1C(N)=O. The molecule has 4 atom stereocenters. The molecule has 1 aliphatic carbocycles. The third-order valence-electron chi connectivity index (χ3n) is 7.30. The molecule has 2 aromatic carbocycles. The molecule has 0 radical (unpaired) electrons. The minimum atomic E-state index is -0.840. The first kappa shape index (κ1) is 24.7. The van der Waals surface area contributed by atoms with Crippen LogP contribution in [0.3, 0.4) is 0 Å². The number of rotatable bonds is 8. The fourth-order valence-electron chi connectivity index (χ4n) is 5.11. The summed E-state index contributed by atoms with van der Waals surface area (Å²) in [5, 5.41) is 2.76.